The number of nitrogens with one attached hydrogen (secondary N) is 1. The number of halogens is 2. The molecule has 7 nitrogen and oxygen atoms in total. The Morgan fingerprint density at radius 2 is 2.12 bits per heavy atom. The molecule has 0 aliphatic carbocycles. The van der Waals surface area contributed by atoms with E-state index in [9.17, 15) is 14.0 Å². The van der Waals surface area contributed by atoms with Crippen LogP contribution in [0.2, 0.25) is 5.02 Å². The second-order valence-corrected chi connectivity index (χ2v) is 6.84. The Bertz CT molecular complexity index is 818. The molecule has 138 valence electrons. The van der Waals surface area contributed by atoms with E-state index in [0.29, 0.717) is 5.69 Å². The fourth-order valence-electron chi connectivity index (χ4n) is 2.79. The standard InChI is InChI=1S/C17H19ClFN5O2/c1-10(2)24-9-11(21-22-24)8-15-16(25)23(17(26)20-15)7-6-12-13(18)4-3-5-14(12)19/h3-5,9-10,15H,6-8H2,1-2H3,(H,20,26). The lowest BCUT2D eigenvalue weighted by atomic mass is 10.1. The lowest BCUT2D eigenvalue weighted by Crippen LogP contribution is -2.34. The van der Waals surface area contributed by atoms with Crippen LogP contribution in [0.1, 0.15) is 31.1 Å². The number of nitrogens with zero attached hydrogens (tertiary/aromatic N) is 4. The number of aromatic nitrogens is 3. The van der Waals surface area contributed by atoms with Gasteiger partial charge in [-0.1, -0.05) is 22.9 Å². The zero-order chi connectivity index (χ0) is 18.8. The molecule has 1 N–H and O–H groups in total. The van der Waals surface area contributed by atoms with Crippen molar-refractivity contribution in [1.29, 1.82) is 0 Å². The number of hydrogen-bond acceptors (Lipinski definition) is 4. The van der Waals surface area contributed by atoms with Crippen LogP contribution in [0, 0.1) is 5.82 Å². The van der Waals surface area contributed by atoms with E-state index in [1.807, 2.05) is 13.8 Å². The molecule has 9 heteroatoms. The summed E-state index contributed by atoms with van der Waals surface area (Å²) >= 11 is 5.99. The molecule has 1 atom stereocenters. The van der Waals surface area contributed by atoms with E-state index < -0.39 is 17.9 Å². The summed E-state index contributed by atoms with van der Waals surface area (Å²) in [6, 6.07) is 3.35. The molecule has 2 aromatic rings. The smallest absolute Gasteiger partial charge is 0.324 e. The highest BCUT2D eigenvalue weighted by atomic mass is 35.5. The number of urea groups is 1. The van der Waals surface area contributed by atoms with Crippen LogP contribution < -0.4 is 5.32 Å². The highest BCUT2D eigenvalue weighted by Gasteiger charge is 2.38. The highest BCUT2D eigenvalue weighted by Crippen LogP contribution is 2.21. The molecule has 1 aromatic carbocycles. The molecular formula is C17H19ClFN5O2. The van der Waals surface area contributed by atoms with Crippen molar-refractivity contribution in [3.63, 3.8) is 0 Å². The minimum atomic E-state index is -0.698. The van der Waals surface area contributed by atoms with E-state index >= 15 is 0 Å². The average Bonchev–Trinajstić information content (AvgIpc) is 3.14. The van der Waals surface area contributed by atoms with Gasteiger partial charge in [0.1, 0.15) is 11.9 Å². The Hall–Kier alpha value is -2.48. The molecule has 3 amide bonds. The van der Waals surface area contributed by atoms with E-state index in [2.05, 4.69) is 15.6 Å². The summed E-state index contributed by atoms with van der Waals surface area (Å²) in [7, 11) is 0. The van der Waals surface area contributed by atoms with E-state index in [1.165, 1.54) is 12.1 Å². The van der Waals surface area contributed by atoms with Gasteiger partial charge in [-0.05, 0) is 32.4 Å². The molecule has 2 heterocycles. The fourth-order valence-corrected chi connectivity index (χ4v) is 3.05. The minimum absolute atomic E-state index is 0.0561. The van der Waals surface area contributed by atoms with Gasteiger partial charge >= 0.3 is 6.03 Å². The number of hydrogen-bond donors (Lipinski definition) is 1. The SMILES string of the molecule is CC(C)n1cc(CC2NC(=O)N(CCc3c(F)cccc3Cl)C2=O)nn1. The van der Waals surface area contributed by atoms with Crippen LogP contribution in [0.25, 0.3) is 0 Å². The summed E-state index contributed by atoms with van der Waals surface area (Å²) in [5, 5.41) is 10.9. The van der Waals surface area contributed by atoms with Crippen molar-refractivity contribution in [3.05, 3.63) is 46.5 Å². The van der Waals surface area contributed by atoms with Crippen LogP contribution in [0.3, 0.4) is 0 Å². The van der Waals surface area contributed by atoms with Gasteiger partial charge in [0.25, 0.3) is 5.91 Å². The topological polar surface area (TPSA) is 80.1 Å². The maximum Gasteiger partial charge on any atom is 0.324 e. The summed E-state index contributed by atoms with van der Waals surface area (Å²) in [5.41, 5.74) is 0.912. The van der Waals surface area contributed by atoms with Gasteiger partial charge in [0, 0.05) is 35.8 Å². The summed E-state index contributed by atoms with van der Waals surface area (Å²) in [5.74, 6) is -0.812. The van der Waals surface area contributed by atoms with Crippen LogP contribution in [0.4, 0.5) is 9.18 Å². The van der Waals surface area contributed by atoms with Gasteiger partial charge in [0.15, 0.2) is 0 Å². The molecule has 1 saturated heterocycles. The summed E-state index contributed by atoms with van der Waals surface area (Å²) < 4.78 is 15.5. The van der Waals surface area contributed by atoms with E-state index in [4.69, 9.17) is 11.6 Å². The molecule has 1 aromatic heterocycles. The van der Waals surface area contributed by atoms with E-state index in [-0.39, 0.29) is 41.9 Å². The number of carbonyl (C=O) groups is 2. The van der Waals surface area contributed by atoms with Crippen molar-refractivity contribution in [3.8, 4) is 0 Å². The van der Waals surface area contributed by atoms with Gasteiger partial charge in [0.05, 0.1) is 5.69 Å². The second-order valence-electron chi connectivity index (χ2n) is 6.43. The van der Waals surface area contributed by atoms with Gasteiger partial charge in [-0.2, -0.15) is 0 Å². The first-order valence-electron chi connectivity index (χ1n) is 8.32. The molecule has 0 spiro atoms. The number of imide groups is 1. The maximum absolute atomic E-state index is 13.8. The van der Waals surface area contributed by atoms with Crippen LogP contribution in [0.5, 0.6) is 0 Å². The molecule has 26 heavy (non-hydrogen) atoms. The largest absolute Gasteiger partial charge is 0.325 e. The minimum Gasteiger partial charge on any atom is -0.325 e. The molecule has 0 radical (unpaired) electrons. The molecule has 1 aliphatic rings. The third-order valence-corrected chi connectivity index (χ3v) is 4.61. The zero-order valence-electron chi connectivity index (χ0n) is 14.4. The van der Waals surface area contributed by atoms with Crippen molar-refractivity contribution in [2.45, 2.75) is 38.8 Å². The zero-order valence-corrected chi connectivity index (χ0v) is 15.2. The summed E-state index contributed by atoms with van der Waals surface area (Å²) in [4.78, 5) is 25.7. The summed E-state index contributed by atoms with van der Waals surface area (Å²) in [6.07, 6.45) is 2.17. The van der Waals surface area contributed by atoms with Crippen LogP contribution in [-0.2, 0) is 17.6 Å². The Kier molecular flexibility index (Phi) is 5.22. The van der Waals surface area contributed by atoms with Gasteiger partial charge in [0.2, 0.25) is 0 Å². The lowest BCUT2D eigenvalue weighted by molar-refractivity contribution is -0.127. The van der Waals surface area contributed by atoms with Crippen LogP contribution in [0.15, 0.2) is 24.4 Å². The second kappa shape index (κ2) is 7.41. The quantitative estimate of drug-likeness (QED) is 0.781. The Labute approximate surface area is 155 Å². The fraction of sp³-hybridized carbons (Fsp3) is 0.412. The van der Waals surface area contributed by atoms with Crippen molar-refractivity contribution < 1.29 is 14.0 Å². The molecule has 3 rings (SSSR count). The van der Waals surface area contributed by atoms with Gasteiger partial charge in [-0.25, -0.2) is 13.9 Å². The first-order valence-corrected chi connectivity index (χ1v) is 8.70. The normalized spacial score (nSPS) is 17.3. The summed E-state index contributed by atoms with van der Waals surface area (Å²) in [6.45, 7) is 3.99. The predicted molar refractivity (Wildman–Crippen MR) is 93.3 cm³/mol. The number of amides is 3. The first kappa shape index (κ1) is 18.3. The molecule has 1 unspecified atom stereocenters. The monoisotopic (exact) mass is 379 g/mol. The predicted octanol–water partition coefficient (Wildman–Crippen LogP) is 2.36. The number of benzene rings is 1. The Morgan fingerprint density at radius 1 is 1.35 bits per heavy atom. The first-order chi connectivity index (χ1) is 12.4. The van der Waals surface area contributed by atoms with Gasteiger partial charge in [-0.3, -0.25) is 9.69 Å². The molecule has 0 saturated carbocycles. The molecular weight excluding hydrogens is 361 g/mol. The molecule has 1 fully saturated rings. The maximum atomic E-state index is 13.8. The van der Waals surface area contributed by atoms with Gasteiger partial charge in [-0.15, -0.1) is 5.10 Å². The van der Waals surface area contributed by atoms with Crippen molar-refractivity contribution in [2.75, 3.05) is 6.54 Å². The third kappa shape index (κ3) is 3.70. The Morgan fingerprint density at radius 3 is 2.77 bits per heavy atom. The third-order valence-electron chi connectivity index (χ3n) is 4.25. The van der Waals surface area contributed by atoms with E-state index in [1.54, 1.807) is 16.9 Å². The average molecular weight is 380 g/mol. The number of carbonyl (C=O) groups excluding carboxylic acids is 2. The van der Waals surface area contributed by atoms with Crippen molar-refractivity contribution >= 4 is 23.5 Å². The lowest BCUT2D eigenvalue weighted by Gasteiger charge is -2.13. The van der Waals surface area contributed by atoms with Crippen LogP contribution >= 0.6 is 11.6 Å². The molecule has 1 aliphatic heterocycles. The van der Waals surface area contributed by atoms with Crippen molar-refractivity contribution in [1.82, 2.24) is 25.2 Å². The number of rotatable bonds is 6. The van der Waals surface area contributed by atoms with Gasteiger partial charge < -0.3 is 5.32 Å². The van der Waals surface area contributed by atoms with Crippen LogP contribution in [-0.4, -0.2) is 44.4 Å². The highest BCUT2D eigenvalue weighted by molar-refractivity contribution is 6.31. The van der Waals surface area contributed by atoms with E-state index in [0.717, 1.165) is 4.90 Å². The Balaban J connectivity index is 1.65. The molecule has 0 bridgehead atoms. The van der Waals surface area contributed by atoms with Crippen molar-refractivity contribution in [2.24, 2.45) is 0 Å².